The largest absolute Gasteiger partial charge is 0.371 e. The number of carbonyl (C=O) groups is 1. The van der Waals surface area contributed by atoms with Crippen molar-refractivity contribution >= 4 is 5.91 Å². The first-order chi connectivity index (χ1) is 7.66. The SMILES string of the molecule is CC1C(=O)N(CC2CO2)N(CC2CO2)[N+]1=O. The molecule has 3 saturated heterocycles. The summed E-state index contributed by atoms with van der Waals surface area (Å²) in [6.07, 6.45) is 0.169. The Bertz CT molecular complexity index is 308. The van der Waals surface area contributed by atoms with E-state index >= 15 is 0 Å². The van der Waals surface area contributed by atoms with Gasteiger partial charge in [0.15, 0.2) is 4.87 Å². The predicted molar refractivity (Wildman–Crippen MR) is 51.0 cm³/mol. The minimum absolute atomic E-state index is 0.0807. The summed E-state index contributed by atoms with van der Waals surface area (Å²) >= 11 is 0. The van der Waals surface area contributed by atoms with Crippen molar-refractivity contribution < 1.29 is 19.1 Å². The standard InChI is InChI=1S/C9H14N3O4/c1-6-9(13)10(2-7-4-15-7)11(12(6)14)3-8-5-16-8/h6-8H,2-5H2,1H3/q+1. The van der Waals surface area contributed by atoms with Crippen LogP contribution in [0.4, 0.5) is 0 Å². The fourth-order valence-electron chi connectivity index (χ4n) is 1.82. The highest BCUT2D eigenvalue weighted by molar-refractivity contribution is 5.80. The molecule has 1 amide bonds. The maximum atomic E-state index is 11.8. The van der Waals surface area contributed by atoms with Gasteiger partial charge in [0.05, 0.1) is 24.7 Å². The average molecular weight is 228 g/mol. The second-order valence-corrected chi connectivity index (χ2v) is 4.36. The van der Waals surface area contributed by atoms with Crippen LogP contribution in [0.2, 0.25) is 0 Å². The maximum absolute atomic E-state index is 11.8. The van der Waals surface area contributed by atoms with Crippen molar-refractivity contribution in [2.24, 2.45) is 0 Å². The monoisotopic (exact) mass is 228 g/mol. The minimum atomic E-state index is -0.641. The van der Waals surface area contributed by atoms with E-state index in [4.69, 9.17) is 9.47 Å². The van der Waals surface area contributed by atoms with Crippen LogP contribution in [-0.4, -0.2) is 65.5 Å². The third kappa shape index (κ3) is 1.65. The lowest BCUT2D eigenvalue weighted by molar-refractivity contribution is -0.732. The lowest BCUT2D eigenvalue weighted by Gasteiger charge is -2.18. The Morgan fingerprint density at radius 1 is 1.31 bits per heavy atom. The highest BCUT2D eigenvalue weighted by atomic mass is 16.6. The van der Waals surface area contributed by atoms with Crippen molar-refractivity contribution in [3.05, 3.63) is 4.91 Å². The molecule has 0 bridgehead atoms. The Labute approximate surface area is 92.4 Å². The van der Waals surface area contributed by atoms with Crippen molar-refractivity contribution in [3.63, 3.8) is 0 Å². The number of rotatable bonds is 4. The third-order valence-electron chi connectivity index (χ3n) is 3.00. The summed E-state index contributed by atoms with van der Waals surface area (Å²) in [5.74, 6) is -0.161. The first-order valence-electron chi connectivity index (χ1n) is 5.45. The zero-order valence-electron chi connectivity index (χ0n) is 9.04. The van der Waals surface area contributed by atoms with Crippen LogP contribution in [0.1, 0.15) is 6.92 Å². The molecule has 0 radical (unpaired) electrons. The van der Waals surface area contributed by atoms with Gasteiger partial charge in [0.1, 0.15) is 18.8 Å². The number of epoxide rings is 2. The van der Waals surface area contributed by atoms with E-state index in [0.717, 1.165) is 4.87 Å². The van der Waals surface area contributed by atoms with E-state index in [0.29, 0.717) is 26.3 Å². The van der Waals surface area contributed by atoms with E-state index in [1.807, 2.05) is 0 Å². The van der Waals surface area contributed by atoms with Crippen LogP contribution in [0.3, 0.4) is 0 Å². The molecular weight excluding hydrogens is 214 g/mol. The Kier molecular flexibility index (Phi) is 2.11. The second kappa shape index (κ2) is 3.39. The zero-order chi connectivity index (χ0) is 11.3. The molecule has 0 aromatic rings. The summed E-state index contributed by atoms with van der Waals surface area (Å²) in [6.45, 7) is 3.87. The molecule has 3 heterocycles. The van der Waals surface area contributed by atoms with Crippen molar-refractivity contribution in [1.82, 2.24) is 10.1 Å². The van der Waals surface area contributed by atoms with Crippen LogP contribution in [0.5, 0.6) is 0 Å². The fraction of sp³-hybridized carbons (Fsp3) is 0.889. The summed E-state index contributed by atoms with van der Waals surface area (Å²) in [4.78, 5) is 24.3. The minimum Gasteiger partial charge on any atom is -0.371 e. The van der Waals surface area contributed by atoms with Crippen LogP contribution < -0.4 is 0 Å². The van der Waals surface area contributed by atoms with E-state index < -0.39 is 6.04 Å². The van der Waals surface area contributed by atoms with Gasteiger partial charge in [-0.1, -0.05) is 0 Å². The highest BCUT2D eigenvalue weighted by Gasteiger charge is 2.53. The van der Waals surface area contributed by atoms with Gasteiger partial charge < -0.3 is 9.47 Å². The van der Waals surface area contributed by atoms with E-state index in [9.17, 15) is 9.70 Å². The number of ether oxygens (including phenoxy) is 2. The first-order valence-corrected chi connectivity index (χ1v) is 5.45. The molecule has 16 heavy (non-hydrogen) atoms. The average Bonchev–Trinajstić information content (AvgIpc) is 3.12. The van der Waals surface area contributed by atoms with Gasteiger partial charge in [-0.2, -0.15) is 5.01 Å². The van der Waals surface area contributed by atoms with Crippen LogP contribution >= 0.6 is 0 Å². The molecule has 0 aromatic carbocycles. The Balaban J connectivity index is 1.73. The topological polar surface area (TPSA) is 68.7 Å². The van der Waals surface area contributed by atoms with E-state index in [1.165, 1.54) is 10.1 Å². The highest BCUT2D eigenvalue weighted by Crippen LogP contribution is 2.22. The number of nitroso groups, excluding NO2 is 1. The van der Waals surface area contributed by atoms with Gasteiger partial charge in [-0.25, -0.2) is 0 Å². The van der Waals surface area contributed by atoms with Crippen molar-refractivity contribution in [1.29, 1.82) is 0 Å². The van der Waals surface area contributed by atoms with Gasteiger partial charge in [0.25, 0.3) is 0 Å². The van der Waals surface area contributed by atoms with Crippen LogP contribution in [0.15, 0.2) is 0 Å². The number of amides is 1. The molecule has 3 aliphatic rings. The Hall–Kier alpha value is -1.21. The van der Waals surface area contributed by atoms with Crippen molar-refractivity contribution in [2.45, 2.75) is 25.2 Å². The van der Waals surface area contributed by atoms with Crippen LogP contribution in [-0.2, 0) is 14.3 Å². The predicted octanol–water partition coefficient (Wildman–Crippen LogP) is -1.07. The molecule has 0 spiro atoms. The number of hydrogen-bond acceptors (Lipinski definition) is 4. The van der Waals surface area contributed by atoms with Gasteiger partial charge in [-0.15, -0.1) is 0 Å². The van der Waals surface area contributed by atoms with E-state index in [2.05, 4.69) is 0 Å². The Morgan fingerprint density at radius 2 is 1.88 bits per heavy atom. The maximum Gasteiger partial charge on any atom is 0.321 e. The molecule has 3 fully saturated rings. The van der Waals surface area contributed by atoms with Gasteiger partial charge in [-0.05, 0) is 5.12 Å². The van der Waals surface area contributed by atoms with Crippen molar-refractivity contribution in [3.8, 4) is 0 Å². The molecule has 3 aliphatic heterocycles. The number of hydrogen-bond donors (Lipinski definition) is 0. The molecule has 3 unspecified atom stereocenters. The van der Waals surface area contributed by atoms with E-state index in [-0.39, 0.29) is 18.1 Å². The molecule has 0 N–H and O–H groups in total. The second-order valence-electron chi connectivity index (χ2n) is 4.36. The fourth-order valence-corrected chi connectivity index (χ4v) is 1.82. The lowest BCUT2D eigenvalue weighted by Crippen LogP contribution is -2.45. The van der Waals surface area contributed by atoms with Crippen molar-refractivity contribution in [2.75, 3.05) is 26.3 Å². The zero-order valence-corrected chi connectivity index (χ0v) is 9.04. The number of carbonyl (C=O) groups excluding carboxylic acids is 1. The summed E-state index contributed by atoms with van der Waals surface area (Å²) in [6, 6.07) is -0.641. The smallest absolute Gasteiger partial charge is 0.321 e. The number of hydrazine groups is 2. The molecule has 88 valence electrons. The van der Waals surface area contributed by atoms with Gasteiger partial charge in [0.2, 0.25) is 0 Å². The molecule has 3 rings (SSSR count). The first kappa shape index (κ1) is 9.98. The molecule has 7 nitrogen and oxygen atoms in total. The molecule has 3 atom stereocenters. The number of nitrogens with zero attached hydrogens (tertiary/aromatic N) is 3. The van der Waals surface area contributed by atoms with Crippen LogP contribution in [0.25, 0.3) is 0 Å². The Morgan fingerprint density at radius 3 is 2.44 bits per heavy atom. The van der Waals surface area contributed by atoms with Crippen LogP contribution in [0, 0.1) is 4.91 Å². The summed E-state index contributed by atoms with van der Waals surface area (Å²) < 4.78 is 10.2. The lowest BCUT2D eigenvalue weighted by atomic mass is 10.3. The molecular formula is C9H14N3O4+. The summed E-state index contributed by atoms with van der Waals surface area (Å²) in [5, 5.41) is 2.92. The van der Waals surface area contributed by atoms with Gasteiger partial charge >= 0.3 is 11.9 Å². The molecule has 0 saturated carbocycles. The summed E-state index contributed by atoms with van der Waals surface area (Å²) in [7, 11) is 0. The molecule has 7 heteroatoms. The molecule has 0 aliphatic carbocycles. The molecule has 0 aromatic heterocycles. The third-order valence-corrected chi connectivity index (χ3v) is 3.00. The summed E-state index contributed by atoms with van der Waals surface area (Å²) in [5.41, 5.74) is 0. The van der Waals surface area contributed by atoms with Gasteiger partial charge in [0, 0.05) is 6.92 Å². The van der Waals surface area contributed by atoms with Gasteiger partial charge in [-0.3, -0.25) is 4.79 Å². The normalized spacial score (nSPS) is 37.2. The van der Waals surface area contributed by atoms with E-state index in [1.54, 1.807) is 6.92 Å². The quantitative estimate of drug-likeness (QED) is 0.452.